The lowest BCUT2D eigenvalue weighted by Crippen LogP contribution is -1.97. The first-order chi connectivity index (χ1) is 6.15. The van der Waals surface area contributed by atoms with Crippen LogP contribution in [-0.4, -0.2) is 6.61 Å². The Hall–Kier alpha value is -0.470. The van der Waals surface area contributed by atoms with Crippen LogP contribution >= 0.6 is 23.2 Å². The fraction of sp³-hybridized carbons (Fsp3) is 0.333. The molecule has 0 aliphatic heterocycles. The first-order valence-corrected chi connectivity index (χ1v) is 4.68. The van der Waals surface area contributed by atoms with Crippen LogP contribution in [0.1, 0.15) is 13.3 Å². The van der Waals surface area contributed by atoms with Crippen molar-refractivity contribution in [1.82, 2.24) is 0 Å². The second kappa shape index (κ2) is 4.68. The smallest absolute Gasteiger partial charge is 0.183 e. The van der Waals surface area contributed by atoms with Crippen LogP contribution in [0.15, 0.2) is 12.1 Å². The number of hydrogen-bond acceptors (Lipinski definition) is 1. The van der Waals surface area contributed by atoms with Gasteiger partial charge in [-0.3, -0.25) is 0 Å². The highest BCUT2D eigenvalue weighted by Crippen LogP contribution is 2.29. The summed E-state index contributed by atoms with van der Waals surface area (Å²) >= 11 is 11.2. The van der Waals surface area contributed by atoms with Gasteiger partial charge in [-0.05, 0) is 12.5 Å². The van der Waals surface area contributed by atoms with Crippen molar-refractivity contribution in [3.05, 3.63) is 28.0 Å². The van der Waals surface area contributed by atoms with E-state index < -0.39 is 5.82 Å². The molecule has 0 heterocycles. The lowest BCUT2D eigenvalue weighted by Gasteiger charge is -2.06. The zero-order valence-electron chi connectivity index (χ0n) is 7.11. The molecule has 4 heteroatoms. The van der Waals surface area contributed by atoms with Gasteiger partial charge in [0.2, 0.25) is 0 Å². The highest BCUT2D eigenvalue weighted by atomic mass is 35.5. The van der Waals surface area contributed by atoms with E-state index in [0.29, 0.717) is 11.6 Å². The highest BCUT2D eigenvalue weighted by molar-refractivity contribution is 6.34. The number of benzene rings is 1. The Morgan fingerprint density at radius 3 is 2.69 bits per heavy atom. The highest BCUT2D eigenvalue weighted by Gasteiger charge is 2.09. The Balaban J connectivity index is 2.92. The van der Waals surface area contributed by atoms with Gasteiger partial charge >= 0.3 is 0 Å². The molecule has 0 fully saturated rings. The number of ether oxygens (including phenoxy) is 1. The molecular weight excluding hydrogens is 214 g/mol. The van der Waals surface area contributed by atoms with E-state index in [1.165, 1.54) is 12.1 Å². The van der Waals surface area contributed by atoms with Crippen molar-refractivity contribution in [2.75, 3.05) is 6.61 Å². The first-order valence-electron chi connectivity index (χ1n) is 3.92. The summed E-state index contributed by atoms with van der Waals surface area (Å²) in [4.78, 5) is 0. The molecule has 0 radical (unpaired) electrons. The average Bonchev–Trinajstić information content (AvgIpc) is 2.09. The maximum Gasteiger partial charge on any atom is 0.183 e. The van der Waals surface area contributed by atoms with Crippen LogP contribution < -0.4 is 4.74 Å². The number of hydrogen-bond donors (Lipinski definition) is 0. The monoisotopic (exact) mass is 222 g/mol. The van der Waals surface area contributed by atoms with Gasteiger partial charge < -0.3 is 4.74 Å². The minimum Gasteiger partial charge on any atom is -0.490 e. The molecule has 1 aromatic rings. The predicted octanol–water partition coefficient (Wildman–Crippen LogP) is 3.92. The summed E-state index contributed by atoms with van der Waals surface area (Å²) in [5.41, 5.74) is 0. The largest absolute Gasteiger partial charge is 0.490 e. The van der Waals surface area contributed by atoms with E-state index in [4.69, 9.17) is 27.9 Å². The summed E-state index contributed by atoms with van der Waals surface area (Å²) in [6.07, 6.45) is 0.809. The third-order valence-electron chi connectivity index (χ3n) is 1.42. The molecule has 0 saturated heterocycles. The van der Waals surface area contributed by atoms with Crippen LogP contribution in [0.5, 0.6) is 5.75 Å². The maximum atomic E-state index is 13.2. The molecular formula is C9H9Cl2FO. The summed E-state index contributed by atoms with van der Waals surface area (Å²) in [5, 5.41) is 0.358. The Morgan fingerprint density at radius 1 is 1.38 bits per heavy atom. The topological polar surface area (TPSA) is 9.23 Å². The standard InChI is InChI=1S/C9H9Cl2FO/c1-2-3-13-8-5-6(10)4-7(11)9(8)12/h4-5H,2-3H2,1H3. The van der Waals surface area contributed by atoms with Gasteiger partial charge in [-0.15, -0.1) is 0 Å². The molecule has 0 spiro atoms. The van der Waals surface area contributed by atoms with Gasteiger partial charge in [-0.25, -0.2) is 4.39 Å². The predicted molar refractivity (Wildman–Crippen MR) is 52.2 cm³/mol. The van der Waals surface area contributed by atoms with Crippen molar-refractivity contribution in [2.45, 2.75) is 13.3 Å². The fourth-order valence-electron chi connectivity index (χ4n) is 0.849. The van der Waals surface area contributed by atoms with Crippen LogP contribution in [0, 0.1) is 5.82 Å². The van der Waals surface area contributed by atoms with Crippen molar-refractivity contribution in [3.63, 3.8) is 0 Å². The van der Waals surface area contributed by atoms with Crippen LogP contribution in [0.25, 0.3) is 0 Å². The van der Waals surface area contributed by atoms with E-state index in [-0.39, 0.29) is 10.8 Å². The van der Waals surface area contributed by atoms with Crippen molar-refractivity contribution >= 4 is 23.2 Å². The maximum absolute atomic E-state index is 13.2. The first kappa shape index (κ1) is 10.6. The van der Waals surface area contributed by atoms with E-state index in [0.717, 1.165) is 6.42 Å². The SMILES string of the molecule is CCCOc1cc(Cl)cc(Cl)c1F. The van der Waals surface area contributed by atoms with Crippen LogP contribution in [0.2, 0.25) is 10.0 Å². The van der Waals surface area contributed by atoms with Gasteiger partial charge in [0, 0.05) is 11.1 Å². The number of rotatable bonds is 3. The molecule has 0 unspecified atom stereocenters. The summed E-state index contributed by atoms with van der Waals surface area (Å²) in [5.74, 6) is -0.445. The van der Waals surface area contributed by atoms with Crippen LogP contribution in [-0.2, 0) is 0 Å². The average molecular weight is 223 g/mol. The lowest BCUT2D eigenvalue weighted by atomic mass is 10.3. The van der Waals surface area contributed by atoms with E-state index >= 15 is 0 Å². The van der Waals surface area contributed by atoms with Gasteiger partial charge in [0.05, 0.1) is 11.6 Å². The van der Waals surface area contributed by atoms with Crippen molar-refractivity contribution in [3.8, 4) is 5.75 Å². The fourth-order valence-corrected chi connectivity index (χ4v) is 1.32. The number of halogens is 3. The zero-order chi connectivity index (χ0) is 9.84. The molecule has 1 aromatic carbocycles. The summed E-state index contributed by atoms with van der Waals surface area (Å²) in [7, 11) is 0. The molecule has 0 aromatic heterocycles. The second-order valence-electron chi connectivity index (χ2n) is 2.55. The molecule has 0 aliphatic carbocycles. The zero-order valence-corrected chi connectivity index (χ0v) is 8.62. The van der Waals surface area contributed by atoms with Crippen LogP contribution in [0.3, 0.4) is 0 Å². The minimum absolute atomic E-state index is 0.0152. The molecule has 0 N–H and O–H groups in total. The van der Waals surface area contributed by atoms with E-state index in [9.17, 15) is 4.39 Å². The Morgan fingerprint density at radius 2 is 2.08 bits per heavy atom. The van der Waals surface area contributed by atoms with E-state index in [1.54, 1.807) is 0 Å². The molecule has 0 amide bonds. The molecule has 1 rings (SSSR count). The third kappa shape index (κ3) is 2.75. The Labute approximate surface area is 86.4 Å². The molecule has 0 saturated carbocycles. The molecule has 1 nitrogen and oxygen atoms in total. The minimum atomic E-state index is -0.556. The van der Waals surface area contributed by atoms with E-state index in [2.05, 4.69) is 0 Å². The van der Waals surface area contributed by atoms with Crippen LogP contribution in [0.4, 0.5) is 4.39 Å². The summed E-state index contributed by atoms with van der Waals surface area (Å²) < 4.78 is 18.3. The molecule has 0 atom stereocenters. The van der Waals surface area contributed by atoms with Crippen molar-refractivity contribution in [1.29, 1.82) is 0 Å². The second-order valence-corrected chi connectivity index (χ2v) is 3.39. The van der Waals surface area contributed by atoms with Crippen molar-refractivity contribution < 1.29 is 9.13 Å². The van der Waals surface area contributed by atoms with Gasteiger partial charge in [0.25, 0.3) is 0 Å². The summed E-state index contributed by atoms with van der Waals surface area (Å²) in [6.45, 7) is 2.39. The molecule has 13 heavy (non-hydrogen) atoms. The van der Waals surface area contributed by atoms with Gasteiger partial charge in [-0.1, -0.05) is 30.1 Å². The Kier molecular flexibility index (Phi) is 3.82. The molecule has 0 bridgehead atoms. The van der Waals surface area contributed by atoms with E-state index in [1.807, 2.05) is 6.92 Å². The summed E-state index contributed by atoms with van der Waals surface area (Å²) in [6, 6.07) is 2.76. The molecule has 0 aliphatic rings. The quantitative estimate of drug-likeness (QED) is 0.705. The normalized spacial score (nSPS) is 10.2. The third-order valence-corrected chi connectivity index (χ3v) is 1.91. The lowest BCUT2D eigenvalue weighted by molar-refractivity contribution is 0.301. The van der Waals surface area contributed by atoms with Crippen molar-refractivity contribution in [2.24, 2.45) is 0 Å². The van der Waals surface area contributed by atoms with Gasteiger partial charge in [-0.2, -0.15) is 0 Å². The van der Waals surface area contributed by atoms with Gasteiger partial charge in [0.1, 0.15) is 0 Å². The molecule has 72 valence electrons. The van der Waals surface area contributed by atoms with Gasteiger partial charge in [0.15, 0.2) is 11.6 Å². The Bertz CT molecular complexity index is 302.